The Labute approximate surface area is 279 Å². The average Bonchev–Trinajstić information content (AvgIpc) is 3.31. The van der Waals surface area contributed by atoms with Crippen LogP contribution in [-0.4, -0.2) is 81.8 Å². The minimum Gasteiger partial charge on any atom is -0.492 e. The molecular formula is C31H46ClN10O5+. The zero-order valence-electron chi connectivity index (χ0n) is 27.7. The third-order valence-corrected chi connectivity index (χ3v) is 7.96. The molecule has 256 valence electrons. The molecule has 1 fully saturated rings. The molecule has 0 aliphatic carbocycles. The van der Waals surface area contributed by atoms with Crippen LogP contribution in [-0.2, 0) is 29.2 Å². The number of fused-ring (bicyclic) bond motifs is 1. The van der Waals surface area contributed by atoms with Crippen molar-refractivity contribution in [1.29, 1.82) is 0 Å². The fourth-order valence-electron chi connectivity index (χ4n) is 5.54. The number of nitrogens with two attached hydrogens (primary N) is 2. The van der Waals surface area contributed by atoms with Gasteiger partial charge in [0.15, 0.2) is 33.5 Å². The van der Waals surface area contributed by atoms with E-state index in [1.165, 1.54) is 0 Å². The summed E-state index contributed by atoms with van der Waals surface area (Å²) in [7, 11) is 0. The maximum absolute atomic E-state index is 12.9. The minimum absolute atomic E-state index is 0.0359. The molecule has 1 aromatic carbocycles. The zero-order chi connectivity index (χ0) is 34.3. The summed E-state index contributed by atoms with van der Waals surface area (Å²) in [5.41, 5.74) is 12.8. The van der Waals surface area contributed by atoms with E-state index in [1.54, 1.807) is 0 Å². The molecule has 7 N–H and O–H groups in total. The Balaban J connectivity index is 1.27. The van der Waals surface area contributed by atoms with E-state index in [2.05, 4.69) is 40.0 Å². The van der Waals surface area contributed by atoms with Crippen LogP contribution in [0.25, 0.3) is 11.0 Å². The van der Waals surface area contributed by atoms with Crippen molar-refractivity contribution < 1.29 is 28.4 Å². The number of carbonyl (C=O) groups is 3. The number of hydrogen-bond acceptors (Lipinski definition) is 10. The molecule has 1 aliphatic heterocycles. The number of anilines is 2. The van der Waals surface area contributed by atoms with Gasteiger partial charge in [0.1, 0.15) is 24.5 Å². The number of hydrogen-bond donors (Lipinski definition) is 5. The van der Waals surface area contributed by atoms with Crippen molar-refractivity contribution in [3.63, 3.8) is 0 Å². The number of halogens is 1. The van der Waals surface area contributed by atoms with E-state index in [0.717, 1.165) is 29.7 Å². The van der Waals surface area contributed by atoms with Gasteiger partial charge in [-0.05, 0) is 59.6 Å². The Morgan fingerprint density at radius 2 is 1.81 bits per heavy atom. The van der Waals surface area contributed by atoms with Gasteiger partial charge in [-0.3, -0.25) is 14.5 Å². The molecule has 2 aromatic heterocycles. The first-order chi connectivity index (χ1) is 22.3. The summed E-state index contributed by atoms with van der Waals surface area (Å²) in [5.74, 6) is 0.804. The Kier molecular flexibility index (Phi) is 11.7. The van der Waals surface area contributed by atoms with E-state index in [1.807, 2.05) is 52.8 Å². The van der Waals surface area contributed by atoms with E-state index < -0.39 is 17.6 Å². The highest BCUT2D eigenvalue weighted by Crippen LogP contribution is 2.22. The van der Waals surface area contributed by atoms with E-state index in [9.17, 15) is 14.4 Å². The Morgan fingerprint density at radius 1 is 1.09 bits per heavy atom. The van der Waals surface area contributed by atoms with Crippen LogP contribution < -0.4 is 36.7 Å². The summed E-state index contributed by atoms with van der Waals surface area (Å²) in [6.45, 7) is 13.5. The van der Waals surface area contributed by atoms with Gasteiger partial charge in [-0.25, -0.2) is 23.9 Å². The first kappa shape index (κ1) is 35.5. The highest BCUT2D eigenvalue weighted by atomic mass is 35.5. The lowest BCUT2D eigenvalue weighted by atomic mass is 10.1. The number of nitrogen functional groups attached to an aromatic ring is 2. The highest BCUT2D eigenvalue weighted by molar-refractivity contribution is 6.31. The van der Waals surface area contributed by atoms with Crippen molar-refractivity contribution in [2.24, 2.45) is 0 Å². The number of amides is 3. The molecule has 1 saturated heterocycles. The van der Waals surface area contributed by atoms with Crippen LogP contribution in [0.2, 0.25) is 5.15 Å². The molecule has 3 amide bonds. The number of aryl methyl sites for hydroxylation is 2. The van der Waals surface area contributed by atoms with E-state index in [-0.39, 0.29) is 47.5 Å². The number of benzene rings is 1. The number of nitrogens with zero attached hydrogens (tertiary/aromatic N) is 5. The van der Waals surface area contributed by atoms with Crippen molar-refractivity contribution in [2.75, 3.05) is 44.3 Å². The molecule has 1 aliphatic rings. The topological polar surface area (TPSA) is 196 Å². The second-order valence-corrected chi connectivity index (χ2v) is 12.6. The number of rotatable bonds is 12. The van der Waals surface area contributed by atoms with Crippen LogP contribution in [0.15, 0.2) is 18.2 Å². The van der Waals surface area contributed by atoms with Gasteiger partial charge < -0.3 is 36.9 Å². The number of ether oxygens (including phenoxy) is 2. The predicted molar refractivity (Wildman–Crippen MR) is 178 cm³/mol. The molecule has 4 rings (SSSR count). The number of aromatic nitrogens is 4. The molecule has 0 unspecified atom stereocenters. The normalized spacial score (nSPS) is 14.2. The van der Waals surface area contributed by atoms with Crippen molar-refractivity contribution >= 4 is 52.2 Å². The number of alkyl carbamates (subject to hydrolysis) is 1. The Bertz CT molecular complexity index is 1600. The SMILES string of the molecule is CCn1c(CNC(=O)c2nc(Cl)c(N)nc2N)[n+](CC)c2ccc(OCCNC(=O)CN3CCC(NC(=O)OC(C)(C)C)CC3)cc21. The van der Waals surface area contributed by atoms with Crippen LogP contribution in [0.3, 0.4) is 0 Å². The van der Waals surface area contributed by atoms with E-state index in [4.69, 9.17) is 32.5 Å². The zero-order valence-corrected chi connectivity index (χ0v) is 28.4. The summed E-state index contributed by atoms with van der Waals surface area (Å²) in [6, 6.07) is 5.86. The van der Waals surface area contributed by atoms with Gasteiger partial charge in [0, 0.05) is 25.2 Å². The lowest BCUT2D eigenvalue weighted by molar-refractivity contribution is -0.676. The Hall–Kier alpha value is -4.37. The number of carbonyl (C=O) groups excluding carboxylic acids is 3. The van der Waals surface area contributed by atoms with Crippen LogP contribution >= 0.6 is 11.6 Å². The van der Waals surface area contributed by atoms with Gasteiger partial charge in [0.25, 0.3) is 11.7 Å². The number of nitrogens with one attached hydrogen (secondary N) is 3. The number of imidazole rings is 1. The van der Waals surface area contributed by atoms with Crippen molar-refractivity contribution in [1.82, 2.24) is 35.4 Å². The molecule has 0 radical (unpaired) electrons. The highest BCUT2D eigenvalue weighted by Gasteiger charge is 2.26. The molecule has 3 aromatic rings. The quantitative estimate of drug-likeness (QED) is 0.140. The second-order valence-electron chi connectivity index (χ2n) is 12.3. The van der Waals surface area contributed by atoms with Gasteiger partial charge in [-0.2, -0.15) is 0 Å². The van der Waals surface area contributed by atoms with E-state index in [0.29, 0.717) is 45.1 Å². The van der Waals surface area contributed by atoms with Crippen LogP contribution in [0.4, 0.5) is 16.4 Å². The molecule has 16 heteroatoms. The molecule has 0 bridgehead atoms. The molecule has 0 saturated carbocycles. The molecule has 3 heterocycles. The van der Waals surface area contributed by atoms with Gasteiger partial charge in [-0.15, -0.1) is 0 Å². The summed E-state index contributed by atoms with van der Waals surface area (Å²) in [6.07, 6.45) is 1.10. The average molecular weight is 674 g/mol. The first-order valence-electron chi connectivity index (χ1n) is 15.8. The molecule has 0 spiro atoms. The molecule has 47 heavy (non-hydrogen) atoms. The molecule has 15 nitrogen and oxygen atoms in total. The van der Waals surface area contributed by atoms with Crippen LogP contribution in [0, 0.1) is 0 Å². The van der Waals surface area contributed by atoms with Crippen LogP contribution in [0.1, 0.15) is 63.8 Å². The smallest absolute Gasteiger partial charge is 0.407 e. The monoisotopic (exact) mass is 673 g/mol. The maximum atomic E-state index is 12.9. The largest absolute Gasteiger partial charge is 0.492 e. The lowest BCUT2D eigenvalue weighted by Gasteiger charge is -2.32. The first-order valence-corrected chi connectivity index (χ1v) is 16.2. The number of likely N-dealkylation sites (tertiary alicyclic amines) is 1. The summed E-state index contributed by atoms with van der Waals surface area (Å²) < 4.78 is 15.5. The fraction of sp³-hybridized carbons (Fsp3) is 0.548. The summed E-state index contributed by atoms with van der Waals surface area (Å²) in [5, 5.41) is 8.62. The maximum Gasteiger partial charge on any atom is 0.407 e. The minimum atomic E-state index is -0.537. The molecule has 0 atom stereocenters. The van der Waals surface area contributed by atoms with Crippen LogP contribution in [0.5, 0.6) is 5.75 Å². The standard InChI is InChI=1S/C31H45ClN10O5/c1-6-41-21-9-8-20(16-22(21)42(7-2)24(41)17-36-29(44)25-27(33)39-28(34)26(32)38-25)46-15-12-35-23(43)18-40-13-10-19(11-14-40)37-30(45)47-31(3,4)5/h8-9,16,19H,6-7,10-15,17-18H2,1-5H3,(H6-,33,34,35,36,37,39,43,44,45)/p+1. The molecular weight excluding hydrogens is 628 g/mol. The van der Waals surface area contributed by atoms with Gasteiger partial charge in [-0.1, -0.05) is 11.6 Å². The fourth-order valence-corrected chi connectivity index (χ4v) is 5.66. The van der Waals surface area contributed by atoms with Gasteiger partial charge in [0.2, 0.25) is 5.91 Å². The summed E-state index contributed by atoms with van der Waals surface area (Å²) in [4.78, 5) is 47.4. The van der Waals surface area contributed by atoms with Gasteiger partial charge in [0.05, 0.1) is 26.2 Å². The number of piperidine rings is 1. The van der Waals surface area contributed by atoms with Crippen molar-refractivity contribution in [3.05, 3.63) is 34.9 Å². The third-order valence-electron chi connectivity index (χ3n) is 7.68. The van der Waals surface area contributed by atoms with E-state index >= 15 is 0 Å². The Morgan fingerprint density at radius 3 is 2.47 bits per heavy atom. The third kappa shape index (κ3) is 9.35. The van der Waals surface area contributed by atoms with Gasteiger partial charge >= 0.3 is 6.09 Å². The second kappa shape index (κ2) is 15.5. The summed E-state index contributed by atoms with van der Waals surface area (Å²) >= 11 is 5.95. The lowest BCUT2D eigenvalue weighted by Crippen LogP contribution is -2.48. The predicted octanol–water partition coefficient (Wildman–Crippen LogP) is 1.99. The van der Waals surface area contributed by atoms with Crippen molar-refractivity contribution in [2.45, 2.75) is 78.7 Å². The van der Waals surface area contributed by atoms with Crippen molar-refractivity contribution in [3.8, 4) is 5.75 Å².